The fourth-order valence-electron chi connectivity index (χ4n) is 2.29. The lowest BCUT2D eigenvalue weighted by Gasteiger charge is -2.18. The van der Waals surface area contributed by atoms with Crippen molar-refractivity contribution in [2.75, 3.05) is 13.1 Å². The van der Waals surface area contributed by atoms with Gasteiger partial charge in [-0.1, -0.05) is 13.8 Å². The molecule has 0 spiro atoms. The maximum Gasteiger partial charge on any atom is 0.289 e. The van der Waals surface area contributed by atoms with E-state index in [0.29, 0.717) is 13.1 Å². The van der Waals surface area contributed by atoms with Gasteiger partial charge in [0.25, 0.3) is 5.91 Å². The van der Waals surface area contributed by atoms with Gasteiger partial charge in [-0.05, 0) is 18.8 Å². The van der Waals surface area contributed by atoms with Crippen molar-refractivity contribution in [3.63, 3.8) is 0 Å². The minimum Gasteiger partial charge on any atom is -0.455 e. The van der Waals surface area contributed by atoms with E-state index in [1.54, 1.807) is 4.90 Å². The number of carbonyl (C=O) groups excluding carboxylic acids is 1. The summed E-state index contributed by atoms with van der Waals surface area (Å²) in [5.41, 5.74) is 0.0834. The fraction of sp³-hybridized carbons (Fsp3) is 0.583. The van der Waals surface area contributed by atoms with Crippen molar-refractivity contribution in [2.45, 2.75) is 32.1 Å². The molecule has 2 rings (SSSR count). The Bertz CT molecular complexity index is 616. The molecular weight excluding hydrogens is 268 g/mol. The molecule has 0 radical (unpaired) electrons. The molecule has 1 aliphatic heterocycles. The molecule has 0 aliphatic carbocycles. The van der Waals surface area contributed by atoms with E-state index < -0.39 is 10.0 Å². The van der Waals surface area contributed by atoms with Crippen LogP contribution in [0.1, 0.15) is 36.6 Å². The number of hydrogen-bond acceptors (Lipinski definition) is 4. The second-order valence-electron chi connectivity index (χ2n) is 5.72. The van der Waals surface area contributed by atoms with Gasteiger partial charge in [-0.3, -0.25) is 4.79 Å². The van der Waals surface area contributed by atoms with Crippen molar-refractivity contribution in [1.82, 2.24) is 4.90 Å². The van der Waals surface area contributed by atoms with Gasteiger partial charge in [0, 0.05) is 19.2 Å². The van der Waals surface area contributed by atoms with Gasteiger partial charge in [0.15, 0.2) is 5.76 Å². The topological polar surface area (TPSA) is 93.6 Å². The zero-order valence-corrected chi connectivity index (χ0v) is 12.1. The van der Waals surface area contributed by atoms with E-state index >= 15 is 0 Å². The predicted octanol–water partition coefficient (Wildman–Crippen LogP) is 1.11. The summed E-state index contributed by atoms with van der Waals surface area (Å²) in [7, 11) is -3.86. The molecule has 106 valence electrons. The fourth-order valence-corrected chi connectivity index (χ4v) is 3.01. The quantitative estimate of drug-likeness (QED) is 0.881. The summed E-state index contributed by atoms with van der Waals surface area (Å²) in [6.45, 7) is 6.93. The van der Waals surface area contributed by atoms with Crippen LogP contribution >= 0.6 is 0 Å². The molecule has 1 amide bonds. The summed E-state index contributed by atoms with van der Waals surface area (Å²) in [5, 5.41) is 5.05. The monoisotopic (exact) mass is 286 g/mol. The van der Waals surface area contributed by atoms with Crippen LogP contribution in [-0.2, 0) is 10.0 Å². The molecule has 6 nitrogen and oxygen atoms in total. The van der Waals surface area contributed by atoms with E-state index in [1.165, 1.54) is 13.0 Å². The third-order valence-electron chi connectivity index (χ3n) is 3.35. The molecule has 2 N–H and O–H groups in total. The molecule has 0 saturated carbocycles. The Labute approximate surface area is 112 Å². The lowest BCUT2D eigenvalue weighted by atomic mass is 9.93. The average Bonchev–Trinajstić information content (AvgIpc) is 2.79. The van der Waals surface area contributed by atoms with Crippen LogP contribution in [-0.4, -0.2) is 32.3 Å². The van der Waals surface area contributed by atoms with Gasteiger partial charge in [-0.15, -0.1) is 0 Å². The van der Waals surface area contributed by atoms with Crippen molar-refractivity contribution in [3.8, 4) is 0 Å². The highest BCUT2D eigenvalue weighted by atomic mass is 32.2. The van der Waals surface area contributed by atoms with Gasteiger partial charge in [-0.25, -0.2) is 13.6 Å². The number of furan rings is 1. The van der Waals surface area contributed by atoms with E-state index in [4.69, 9.17) is 9.56 Å². The first-order valence-corrected chi connectivity index (χ1v) is 7.57. The zero-order valence-electron chi connectivity index (χ0n) is 11.3. The summed E-state index contributed by atoms with van der Waals surface area (Å²) < 4.78 is 27.8. The third kappa shape index (κ3) is 2.82. The molecule has 0 bridgehead atoms. The van der Waals surface area contributed by atoms with Crippen LogP contribution in [0, 0.1) is 12.3 Å². The van der Waals surface area contributed by atoms with Crippen LogP contribution in [0.4, 0.5) is 0 Å². The highest BCUT2D eigenvalue weighted by Gasteiger charge is 2.34. The van der Waals surface area contributed by atoms with Gasteiger partial charge >= 0.3 is 0 Å². The smallest absolute Gasteiger partial charge is 0.289 e. The van der Waals surface area contributed by atoms with Crippen LogP contribution in [0.5, 0.6) is 0 Å². The number of primary sulfonamides is 1. The Morgan fingerprint density at radius 2 is 2.11 bits per heavy atom. The van der Waals surface area contributed by atoms with Gasteiger partial charge in [0.2, 0.25) is 10.0 Å². The number of nitrogens with zero attached hydrogens (tertiary/aromatic N) is 1. The minimum absolute atomic E-state index is 0.0271. The lowest BCUT2D eigenvalue weighted by molar-refractivity contribution is 0.0745. The normalized spacial score (nSPS) is 18.8. The lowest BCUT2D eigenvalue weighted by Crippen LogP contribution is -2.29. The standard InChI is InChI=1S/C12H18N2O4S/c1-8-10(19(13,16)17)6-9(18-8)11(15)14-5-4-12(2,3)7-14/h6H,4-5,7H2,1-3H3,(H2,13,16,17). The Hall–Kier alpha value is -1.34. The summed E-state index contributed by atoms with van der Waals surface area (Å²) in [4.78, 5) is 13.8. The third-order valence-corrected chi connectivity index (χ3v) is 4.37. The average molecular weight is 286 g/mol. The number of carbonyl (C=O) groups is 1. The highest BCUT2D eigenvalue weighted by Crippen LogP contribution is 2.30. The summed E-state index contributed by atoms with van der Waals surface area (Å²) in [6.07, 6.45) is 0.917. The van der Waals surface area contributed by atoms with Crippen LogP contribution in [0.2, 0.25) is 0 Å². The number of sulfonamides is 1. The van der Waals surface area contributed by atoms with E-state index in [9.17, 15) is 13.2 Å². The van der Waals surface area contributed by atoms with E-state index in [-0.39, 0.29) is 27.7 Å². The predicted molar refractivity (Wildman–Crippen MR) is 69.1 cm³/mol. The van der Waals surface area contributed by atoms with Crippen LogP contribution in [0.3, 0.4) is 0 Å². The van der Waals surface area contributed by atoms with Gasteiger partial charge in [0.1, 0.15) is 10.7 Å². The molecule has 19 heavy (non-hydrogen) atoms. The number of rotatable bonds is 2. The molecule has 1 fully saturated rings. The zero-order chi connectivity index (χ0) is 14.4. The number of aryl methyl sites for hydroxylation is 1. The second kappa shape index (κ2) is 4.35. The SMILES string of the molecule is Cc1oc(C(=O)N2CCC(C)(C)C2)cc1S(N)(=O)=O. The number of likely N-dealkylation sites (tertiary alicyclic amines) is 1. The van der Waals surface area contributed by atoms with E-state index in [0.717, 1.165) is 6.42 Å². The van der Waals surface area contributed by atoms with Crippen molar-refractivity contribution < 1.29 is 17.6 Å². The molecule has 1 saturated heterocycles. The van der Waals surface area contributed by atoms with Crippen LogP contribution < -0.4 is 5.14 Å². The van der Waals surface area contributed by atoms with Gasteiger partial charge in [-0.2, -0.15) is 0 Å². The molecule has 1 aliphatic rings. The largest absolute Gasteiger partial charge is 0.455 e. The number of nitrogens with two attached hydrogens (primary N) is 1. The maximum absolute atomic E-state index is 12.2. The van der Waals surface area contributed by atoms with Crippen LogP contribution in [0.15, 0.2) is 15.4 Å². The first-order chi connectivity index (χ1) is 8.60. The van der Waals surface area contributed by atoms with E-state index in [2.05, 4.69) is 13.8 Å². The molecular formula is C12H18N2O4S. The molecule has 1 aromatic heterocycles. The first-order valence-electron chi connectivity index (χ1n) is 6.03. The summed E-state index contributed by atoms with van der Waals surface area (Å²) >= 11 is 0. The summed E-state index contributed by atoms with van der Waals surface area (Å²) in [5.74, 6) is -0.118. The Morgan fingerprint density at radius 1 is 1.47 bits per heavy atom. The van der Waals surface area contributed by atoms with Gasteiger partial charge in [0.05, 0.1) is 0 Å². The Kier molecular flexibility index (Phi) is 3.22. The first kappa shape index (κ1) is 14.1. The van der Waals surface area contributed by atoms with Crippen molar-refractivity contribution in [3.05, 3.63) is 17.6 Å². The molecule has 1 aromatic rings. The molecule has 0 atom stereocenters. The summed E-state index contributed by atoms with van der Waals surface area (Å²) in [6, 6.07) is 1.21. The molecule has 0 unspecified atom stereocenters. The van der Waals surface area contributed by atoms with Crippen molar-refractivity contribution in [2.24, 2.45) is 10.6 Å². The Balaban J connectivity index is 2.27. The van der Waals surface area contributed by atoms with E-state index in [1.807, 2.05) is 0 Å². The van der Waals surface area contributed by atoms with Crippen molar-refractivity contribution in [1.29, 1.82) is 0 Å². The second-order valence-corrected chi connectivity index (χ2v) is 7.25. The number of amides is 1. The number of hydrogen-bond donors (Lipinski definition) is 1. The maximum atomic E-state index is 12.2. The Morgan fingerprint density at radius 3 is 2.53 bits per heavy atom. The van der Waals surface area contributed by atoms with Gasteiger partial charge < -0.3 is 9.32 Å². The highest BCUT2D eigenvalue weighted by molar-refractivity contribution is 7.89. The molecule has 2 heterocycles. The van der Waals surface area contributed by atoms with Crippen molar-refractivity contribution >= 4 is 15.9 Å². The van der Waals surface area contributed by atoms with Crippen LogP contribution in [0.25, 0.3) is 0 Å². The molecule has 7 heteroatoms. The molecule has 0 aromatic carbocycles. The minimum atomic E-state index is -3.86.